The van der Waals surface area contributed by atoms with Crippen LogP contribution < -0.4 is 11.2 Å². The smallest absolute Gasteiger partial charge is 0.362 e. The molecule has 1 rings (SSSR count). The average Bonchev–Trinajstić information content (AvgIpc) is 2.60. The molecule has 0 amide bonds. The van der Waals surface area contributed by atoms with E-state index in [0.717, 1.165) is 0 Å². The maximum atomic E-state index is 2.31. The third-order valence-electron chi connectivity index (χ3n) is 3.69. The minimum Gasteiger partial charge on any atom is -0.362 e. The summed E-state index contributed by atoms with van der Waals surface area (Å²) in [6.45, 7) is 0.553. The highest BCUT2D eigenvalue weighted by Crippen LogP contribution is 1.99. The van der Waals surface area contributed by atoms with E-state index in [1.54, 1.807) is 0 Å². The second-order valence-electron chi connectivity index (χ2n) is 6.34. The van der Waals surface area contributed by atoms with Gasteiger partial charge in [-0.3, -0.25) is 0 Å². The average molecular weight is 277 g/mol. The van der Waals surface area contributed by atoms with E-state index in [4.69, 9.17) is 0 Å². The van der Waals surface area contributed by atoms with E-state index in [0.29, 0.717) is 0 Å². The van der Waals surface area contributed by atoms with Crippen molar-refractivity contribution in [3.63, 3.8) is 0 Å². The Bertz CT molecular complexity index is 375. The van der Waals surface area contributed by atoms with E-state index in [1.807, 2.05) is 0 Å². The largest absolute Gasteiger partial charge is 0.362 e. The predicted octanol–water partition coefficient (Wildman–Crippen LogP) is -1.34. The van der Waals surface area contributed by atoms with Gasteiger partial charge in [-0.15, -0.1) is 0 Å². The zero-order valence-corrected chi connectivity index (χ0v) is 14.5. The molecule has 1 aromatic heterocycles. The maximum Gasteiger partial charge on any atom is 0.362 e. The maximum absolute atomic E-state index is 2.31. The minimum absolute atomic E-state index is 0.277. The predicted molar refractivity (Wildman–Crippen MR) is 90.9 cm³/mol. The molecule has 0 N–H and O–H groups in total. The van der Waals surface area contributed by atoms with Crippen molar-refractivity contribution in [2.24, 2.45) is 7.05 Å². The van der Waals surface area contributed by atoms with Gasteiger partial charge in [-0.2, -0.15) is 0 Å². The molecule has 5 nitrogen and oxygen atoms in total. The summed E-state index contributed by atoms with van der Waals surface area (Å²) in [5.74, 6) is 0. The van der Waals surface area contributed by atoms with Crippen molar-refractivity contribution in [1.29, 1.82) is 0 Å². The summed E-state index contributed by atoms with van der Waals surface area (Å²) in [7, 11) is 19.1. The van der Waals surface area contributed by atoms with Crippen LogP contribution in [-0.4, -0.2) is 94.2 Å². The summed E-state index contributed by atoms with van der Waals surface area (Å²) in [4.78, 5) is 8.94. The molecule has 7 heteroatoms. The SMILES string of the molecule is CN(C)B(c1ccc(B(N(C)C)N(C)C)n1C)N(C)C. The Kier molecular flexibility index (Phi) is 5.89. The van der Waals surface area contributed by atoms with Crippen molar-refractivity contribution in [2.75, 3.05) is 56.4 Å². The summed E-state index contributed by atoms with van der Waals surface area (Å²) in [5, 5.41) is 0. The van der Waals surface area contributed by atoms with Crippen LogP contribution in [-0.2, 0) is 7.05 Å². The Morgan fingerprint density at radius 2 is 0.900 bits per heavy atom. The summed E-state index contributed by atoms with van der Waals surface area (Å²) >= 11 is 0. The van der Waals surface area contributed by atoms with Crippen molar-refractivity contribution in [3.8, 4) is 0 Å². The van der Waals surface area contributed by atoms with Crippen molar-refractivity contribution in [3.05, 3.63) is 12.1 Å². The molecule has 0 fully saturated rings. The van der Waals surface area contributed by atoms with E-state index < -0.39 is 0 Å². The van der Waals surface area contributed by atoms with Crippen molar-refractivity contribution in [2.45, 2.75) is 0 Å². The molecule has 0 bridgehead atoms. The first-order valence-electron chi connectivity index (χ1n) is 6.99. The van der Waals surface area contributed by atoms with Crippen molar-refractivity contribution in [1.82, 2.24) is 23.8 Å². The Balaban J connectivity index is 3.23. The topological polar surface area (TPSA) is 17.9 Å². The second kappa shape index (κ2) is 6.80. The van der Waals surface area contributed by atoms with Gasteiger partial charge in [0, 0.05) is 18.2 Å². The first-order valence-corrected chi connectivity index (χ1v) is 6.99. The van der Waals surface area contributed by atoms with Gasteiger partial charge in [0.25, 0.3) is 0 Å². The highest BCUT2D eigenvalue weighted by Gasteiger charge is 2.31. The van der Waals surface area contributed by atoms with Crippen molar-refractivity contribution < 1.29 is 0 Å². The lowest BCUT2D eigenvalue weighted by atomic mass is 9.68. The Labute approximate surface area is 125 Å². The first kappa shape index (κ1) is 17.3. The van der Waals surface area contributed by atoms with E-state index >= 15 is 0 Å². The van der Waals surface area contributed by atoms with E-state index in [9.17, 15) is 0 Å². The number of hydrogen-bond donors (Lipinski definition) is 0. The van der Waals surface area contributed by atoms with Gasteiger partial charge in [0.2, 0.25) is 0 Å². The summed E-state index contributed by atoms with van der Waals surface area (Å²) in [6, 6.07) is 4.47. The fourth-order valence-corrected chi connectivity index (χ4v) is 3.04. The quantitative estimate of drug-likeness (QED) is 0.599. The molecule has 0 saturated carbocycles. The molecule has 0 unspecified atom stereocenters. The molecule has 0 saturated heterocycles. The van der Waals surface area contributed by atoms with E-state index in [1.165, 1.54) is 11.2 Å². The molecule has 0 aromatic carbocycles. The Morgan fingerprint density at radius 1 is 0.650 bits per heavy atom. The van der Waals surface area contributed by atoms with Gasteiger partial charge in [-0.1, -0.05) is 0 Å². The molecule has 112 valence electrons. The number of aromatic nitrogens is 1. The fraction of sp³-hybridized carbons (Fsp3) is 0.692. The van der Waals surface area contributed by atoms with Gasteiger partial charge >= 0.3 is 14.0 Å². The molecule has 0 aliphatic carbocycles. The minimum atomic E-state index is 0.277. The van der Waals surface area contributed by atoms with Gasteiger partial charge in [0.1, 0.15) is 0 Å². The first-order chi connectivity index (χ1) is 9.18. The molecule has 0 atom stereocenters. The summed E-state index contributed by atoms with van der Waals surface area (Å²) < 4.78 is 2.31. The molecular formula is C13H29B2N5. The normalized spacial score (nSPS) is 12.1. The number of nitrogens with zero attached hydrogens (tertiary/aromatic N) is 5. The van der Waals surface area contributed by atoms with Crippen LogP contribution in [0.4, 0.5) is 0 Å². The van der Waals surface area contributed by atoms with Gasteiger partial charge < -0.3 is 23.8 Å². The standard InChI is InChI=1S/C13H29B2N5/c1-16(2)14(17(3)4)12-10-11-13(20(12)9)15(18(5)6)19(7)8/h10-11H,1-9H3. The lowest BCUT2D eigenvalue weighted by Gasteiger charge is -2.30. The summed E-state index contributed by atoms with van der Waals surface area (Å²) in [5.41, 5.74) is 2.62. The molecule has 0 aliphatic rings. The van der Waals surface area contributed by atoms with Crippen LogP contribution in [0, 0.1) is 0 Å². The van der Waals surface area contributed by atoms with Crippen LogP contribution in [0.5, 0.6) is 0 Å². The molecule has 0 spiro atoms. The second-order valence-corrected chi connectivity index (χ2v) is 6.34. The highest BCUT2D eigenvalue weighted by molar-refractivity contribution is 6.70. The van der Waals surface area contributed by atoms with Crippen molar-refractivity contribution >= 4 is 25.2 Å². The number of hydrogen-bond acceptors (Lipinski definition) is 4. The lowest BCUT2D eigenvalue weighted by Crippen LogP contribution is -2.61. The third kappa shape index (κ3) is 3.47. The van der Waals surface area contributed by atoms with Crippen LogP contribution >= 0.6 is 0 Å². The molecule has 1 heterocycles. The van der Waals surface area contributed by atoms with E-state index in [-0.39, 0.29) is 14.0 Å². The molecule has 1 aromatic rings. The zero-order chi connectivity index (χ0) is 15.6. The van der Waals surface area contributed by atoms with Gasteiger partial charge in [0.05, 0.1) is 0 Å². The van der Waals surface area contributed by atoms with Crippen LogP contribution in [0.2, 0.25) is 0 Å². The van der Waals surface area contributed by atoms with E-state index in [2.05, 4.69) is 99.4 Å². The molecule has 20 heavy (non-hydrogen) atoms. The van der Waals surface area contributed by atoms with Gasteiger partial charge in [-0.25, -0.2) is 0 Å². The fourth-order valence-electron chi connectivity index (χ4n) is 3.04. The monoisotopic (exact) mass is 277 g/mol. The lowest BCUT2D eigenvalue weighted by molar-refractivity contribution is 0.524. The summed E-state index contributed by atoms with van der Waals surface area (Å²) in [6.07, 6.45) is 0. The van der Waals surface area contributed by atoms with Crippen LogP contribution in [0.1, 0.15) is 0 Å². The Morgan fingerprint density at radius 3 is 1.10 bits per heavy atom. The van der Waals surface area contributed by atoms with Gasteiger partial charge in [-0.05, 0) is 68.5 Å². The zero-order valence-electron chi connectivity index (χ0n) is 14.5. The van der Waals surface area contributed by atoms with Crippen LogP contribution in [0.3, 0.4) is 0 Å². The highest BCUT2D eigenvalue weighted by atomic mass is 15.2. The molecule has 0 radical (unpaired) electrons. The van der Waals surface area contributed by atoms with Gasteiger partial charge in [0.15, 0.2) is 0 Å². The van der Waals surface area contributed by atoms with Crippen LogP contribution in [0.25, 0.3) is 0 Å². The third-order valence-corrected chi connectivity index (χ3v) is 3.69. The molecule has 0 aliphatic heterocycles. The Hall–Kier alpha value is -0.750. The number of rotatable bonds is 6. The molecular weight excluding hydrogens is 248 g/mol. The van der Waals surface area contributed by atoms with Crippen LogP contribution in [0.15, 0.2) is 12.1 Å².